The predicted molar refractivity (Wildman–Crippen MR) is 278 cm³/mol. The summed E-state index contributed by atoms with van der Waals surface area (Å²) in [5.41, 5.74) is 7.80. The van der Waals surface area contributed by atoms with Crippen LogP contribution < -0.4 is 0 Å². The lowest BCUT2D eigenvalue weighted by Gasteiger charge is -2.18. The first-order valence-electron chi connectivity index (χ1n) is 24.4. The number of esters is 1. The Kier molecular flexibility index (Phi) is 15.5. The van der Waals surface area contributed by atoms with Crippen molar-refractivity contribution in [2.75, 3.05) is 6.61 Å². The highest BCUT2D eigenvalue weighted by Crippen LogP contribution is 2.39. The number of fused-ring (bicyclic) bond motifs is 8. The molecule has 2 heterocycles. The molecule has 0 fully saturated rings. The molecule has 1 unspecified atom stereocenters. The lowest BCUT2D eigenvalue weighted by Crippen LogP contribution is -2.11. The summed E-state index contributed by atoms with van der Waals surface area (Å²) >= 11 is 0. The fraction of sp³-hybridized carbons (Fsp3) is 0.293. The quantitative estimate of drug-likeness (QED) is 0.0242. The van der Waals surface area contributed by atoms with Crippen LogP contribution in [0, 0.1) is 5.92 Å². The van der Waals surface area contributed by atoms with Crippen molar-refractivity contribution in [3.8, 4) is 5.69 Å². The average Bonchev–Trinajstić information content (AvgIpc) is 3.87. The molecule has 0 spiro atoms. The highest BCUT2D eigenvalue weighted by atomic mass is 16.7. The molecule has 0 amide bonds. The number of aromatic nitrogens is 2. The second-order valence-electron chi connectivity index (χ2n) is 17.9. The van der Waals surface area contributed by atoms with Crippen molar-refractivity contribution < 1.29 is 43.5 Å². The summed E-state index contributed by atoms with van der Waals surface area (Å²) < 4.78 is 9.80. The van der Waals surface area contributed by atoms with Gasteiger partial charge in [0.1, 0.15) is 0 Å². The van der Waals surface area contributed by atoms with Gasteiger partial charge in [-0.25, -0.2) is 9.59 Å². The van der Waals surface area contributed by atoms with E-state index in [1.807, 2.05) is 116 Å². The zero-order valence-corrected chi connectivity index (χ0v) is 40.8. The molecule has 8 rings (SSSR count). The monoisotopic (exact) mass is 954 g/mol. The molecule has 71 heavy (non-hydrogen) atoms. The van der Waals surface area contributed by atoms with Crippen LogP contribution in [0.15, 0.2) is 126 Å². The SMILES string of the molecule is CCCCC(CC)Cn1c2ccc(C(CCC(=O)O)=NOC(C)=O)cc2c2cc(C(=O)c3ccc(-n4c5ccccc5c5cc(C(CCC(=O)OCCC)=NOC(C)=O)ccc54)cc3)c3ccccc3c21. The number of hydrogen-bond donors (Lipinski definition) is 1. The number of rotatable bonds is 21. The van der Waals surface area contributed by atoms with Crippen LogP contribution in [0.3, 0.4) is 0 Å². The first-order chi connectivity index (χ1) is 34.4. The van der Waals surface area contributed by atoms with Crippen LogP contribution in [-0.4, -0.2) is 61.9 Å². The summed E-state index contributed by atoms with van der Waals surface area (Å²) in [4.78, 5) is 73.0. The molecule has 2 aromatic heterocycles. The van der Waals surface area contributed by atoms with Gasteiger partial charge in [0.05, 0.1) is 47.4 Å². The van der Waals surface area contributed by atoms with E-state index in [0.29, 0.717) is 52.6 Å². The number of benzene rings is 6. The van der Waals surface area contributed by atoms with Crippen LogP contribution in [0.1, 0.15) is 119 Å². The highest BCUT2D eigenvalue weighted by molar-refractivity contribution is 6.26. The average molecular weight is 955 g/mol. The van der Waals surface area contributed by atoms with Crippen molar-refractivity contribution >= 4 is 95.5 Å². The number of carbonyl (C=O) groups excluding carboxylic acids is 4. The number of aliphatic carboxylic acids is 1. The molecule has 8 aromatic rings. The molecule has 0 aliphatic carbocycles. The third-order valence-corrected chi connectivity index (χ3v) is 13.0. The molecular formula is C58H58N4O9. The van der Waals surface area contributed by atoms with Gasteiger partial charge in [0, 0.05) is 93.6 Å². The molecule has 0 bridgehead atoms. The molecule has 0 saturated heterocycles. The van der Waals surface area contributed by atoms with Crippen molar-refractivity contribution in [2.45, 2.75) is 99.0 Å². The number of carbonyl (C=O) groups is 5. The number of hydrogen-bond acceptors (Lipinski definition) is 10. The first-order valence-corrected chi connectivity index (χ1v) is 24.4. The van der Waals surface area contributed by atoms with E-state index in [1.165, 1.54) is 13.8 Å². The van der Waals surface area contributed by atoms with Crippen molar-refractivity contribution in [1.82, 2.24) is 9.13 Å². The van der Waals surface area contributed by atoms with E-state index in [-0.39, 0.29) is 37.4 Å². The first kappa shape index (κ1) is 49.5. The fourth-order valence-electron chi connectivity index (χ4n) is 9.50. The summed E-state index contributed by atoms with van der Waals surface area (Å²) in [6.45, 7) is 9.98. The van der Waals surface area contributed by atoms with E-state index >= 15 is 4.79 Å². The largest absolute Gasteiger partial charge is 0.481 e. The summed E-state index contributed by atoms with van der Waals surface area (Å²) in [5.74, 6) is -2.28. The molecule has 0 radical (unpaired) electrons. The van der Waals surface area contributed by atoms with E-state index < -0.39 is 17.9 Å². The normalized spacial score (nSPS) is 12.5. The second kappa shape index (κ2) is 22.2. The van der Waals surface area contributed by atoms with Crippen molar-refractivity contribution in [3.05, 3.63) is 138 Å². The van der Waals surface area contributed by atoms with Crippen LogP contribution in [0.4, 0.5) is 0 Å². The molecule has 0 saturated carbocycles. The molecule has 364 valence electrons. The minimum absolute atomic E-state index is 0.0476. The Bertz CT molecular complexity index is 3400. The van der Waals surface area contributed by atoms with Crippen LogP contribution in [0.25, 0.3) is 60.1 Å². The lowest BCUT2D eigenvalue weighted by atomic mass is 9.94. The van der Waals surface area contributed by atoms with Gasteiger partial charge in [-0.15, -0.1) is 0 Å². The maximum Gasteiger partial charge on any atom is 0.331 e. The van der Waals surface area contributed by atoms with E-state index in [2.05, 4.69) is 39.4 Å². The molecule has 6 aromatic carbocycles. The smallest absolute Gasteiger partial charge is 0.331 e. The van der Waals surface area contributed by atoms with Crippen molar-refractivity contribution in [3.63, 3.8) is 0 Å². The van der Waals surface area contributed by atoms with Crippen molar-refractivity contribution in [2.24, 2.45) is 16.2 Å². The summed E-state index contributed by atoms with van der Waals surface area (Å²) in [7, 11) is 0. The van der Waals surface area contributed by atoms with Crippen LogP contribution in [0.2, 0.25) is 0 Å². The van der Waals surface area contributed by atoms with Gasteiger partial charge in [0.2, 0.25) is 0 Å². The Morgan fingerprint density at radius 2 is 1.17 bits per heavy atom. The number of oxime groups is 2. The van der Waals surface area contributed by atoms with E-state index in [9.17, 15) is 24.3 Å². The maximum absolute atomic E-state index is 15.0. The van der Waals surface area contributed by atoms with E-state index in [1.54, 1.807) is 0 Å². The Labute approximate surface area is 411 Å². The Morgan fingerprint density at radius 3 is 1.79 bits per heavy atom. The van der Waals surface area contributed by atoms with Gasteiger partial charge in [-0.2, -0.15) is 0 Å². The summed E-state index contributed by atoms with van der Waals surface area (Å²) in [5, 5.41) is 23.2. The highest BCUT2D eigenvalue weighted by Gasteiger charge is 2.24. The molecule has 0 aliphatic heterocycles. The summed E-state index contributed by atoms with van der Waals surface area (Å²) in [6, 6.07) is 37.4. The minimum Gasteiger partial charge on any atom is -0.481 e. The van der Waals surface area contributed by atoms with Gasteiger partial charge in [-0.1, -0.05) is 105 Å². The van der Waals surface area contributed by atoms with Crippen molar-refractivity contribution in [1.29, 1.82) is 0 Å². The second-order valence-corrected chi connectivity index (χ2v) is 17.9. The van der Waals surface area contributed by atoms with Crippen LogP contribution in [0.5, 0.6) is 0 Å². The molecule has 0 aliphatic rings. The number of carboxylic acid groups (broad SMARTS) is 1. The maximum atomic E-state index is 15.0. The Morgan fingerprint density at radius 1 is 0.592 bits per heavy atom. The molecule has 13 nitrogen and oxygen atoms in total. The zero-order valence-electron chi connectivity index (χ0n) is 40.8. The van der Waals surface area contributed by atoms with Crippen LogP contribution >= 0.6 is 0 Å². The fourth-order valence-corrected chi connectivity index (χ4v) is 9.50. The lowest BCUT2D eigenvalue weighted by molar-refractivity contribution is -0.143. The van der Waals surface area contributed by atoms with Gasteiger partial charge in [0.25, 0.3) is 0 Å². The van der Waals surface area contributed by atoms with Gasteiger partial charge in [0.15, 0.2) is 5.78 Å². The van der Waals surface area contributed by atoms with Gasteiger partial charge >= 0.3 is 23.9 Å². The Hall–Kier alpha value is -7.93. The van der Waals surface area contributed by atoms with Gasteiger partial charge in [-0.05, 0) is 84.8 Å². The molecule has 13 heteroatoms. The standard InChI is InChI=1S/C58H58N4O9/c1-6-9-14-38(8-3)35-61-52-27-21-40(50(25-29-55(65)66)59-70-36(4)63)33-47(52)48-34-49(43-15-10-11-17-45(43)57(48)61)58(68)39-19-23-42(24-20-39)62-53-18-13-12-16-44(53)46-32-41(22-28-54(46)62)51(60-71-37(5)64)26-30-56(67)69-31-7-2/h10-13,15-24,27-28,32-34,38H,6-9,14,25-26,29-31,35H2,1-5H3,(H,65,66). The summed E-state index contributed by atoms with van der Waals surface area (Å²) in [6.07, 6.45) is 5.12. The number of ketones is 1. The Balaban J connectivity index is 1.22. The molecular weight excluding hydrogens is 897 g/mol. The van der Waals surface area contributed by atoms with Gasteiger partial charge < -0.3 is 28.7 Å². The topological polar surface area (TPSA) is 168 Å². The van der Waals surface area contributed by atoms with Crippen LogP contribution in [-0.2, 0) is 40.1 Å². The van der Waals surface area contributed by atoms with Gasteiger partial charge in [-0.3, -0.25) is 14.4 Å². The third-order valence-electron chi connectivity index (χ3n) is 13.0. The molecule has 1 N–H and O–H groups in total. The number of nitrogens with zero attached hydrogens (tertiary/aromatic N) is 4. The third kappa shape index (κ3) is 10.8. The number of carboxylic acids is 1. The molecule has 1 atom stereocenters. The zero-order chi connectivity index (χ0) is 50.2. The number of unbranched alkanes of at least 4 members (excludes halogenated alkanes) is 1. The predicted octanol–water partition coefficient (Wildman–Crippen LogP) is 12.6. The number of ether oxygens (including phenoxy) is 1. The van der Waals surface area contributed by atoms with E-state index in [0.717, 1.165) is 92.3 Å². The number of para-hydroxylation sites is 1. The van der Waals surface area contributed by atoms with E-state index in [4.69, 9.17) is 14.4 Å². The minimum atomic E-state index is -0.999.